The average Bonchev–Trinajstić information content (AvgIpc) is 2.68. The Labute approximate surface area is 178 Å². The third kappa shape index (κ3) is 5.08. The first kappa shape index (κ1) is 24.9. The lowest BCUT2D eigenvalue weighted by atomic mass is 9.89. The molecule has 3 N–H and O–H groups in total. The van der Waals surface area contributed by atoms with Gasteiger partial charge < -0.3 is 20.3 Å². The van der Waals surface area contributed by atoms with Gasteiger partial charge in [-0.05, 0) is 32.0 Å². The van der Waals surface area contributed by atoms with E-state index in [0.717, 1.165) is 0 Å². The summed E-state index contributed by atoms with van der Waals surface area (Å²) in [6.45, 7) is 3.19. The maximum absolute atomic E-state index is 12.8. The molecule has 8 nitrogen and oxygen atoms in total. The summed E-state index contributed by atoms with van der Waals surface area (Å²) in [7, 11) is -2.14. The molecular formula is C17H28Cl2N4O4S. The predicted octanol–water partition coefficient (Wildman–Crippen LogP) is 0.595. The van der Waals surface area contributed by atoms with Gasteiger partial charge in [-0.1, -0.05) is 12.1 Å². The highest BCUT2D eigenvalue weighted by Gasteiger charge is 2.40. The van der Waals surface area contributed by atoms with Crippen molar-refractivity contribution in [3.63, 3.8) is 0 Å². The first-order valence-electron chi connectivity index (χ1n) is 8.81. The van der Waals surface area contributed by atoms with Crippen molar-refractivity contribution in [2.75, 3.05) is 51.3 Å². The van der Waals surface area contributed by atoms with Crippen LogP contribution in [-0.4, -0.2) is 71.2 Å². The van der Waals surface area contributed by atoms with Crippen molar-refractivity contribution in [3.05, 3.63) is 24.3 Å². The topological polar surface area (TPSA) is 105 Å². The molecule has 3 rings (SSSR count). The number of hydrogen-bond donors (Lipinski definition) is 2. The first-order valence-corrected chi connectivity index (χ1v) is 10.3. The number of anilines is 1. The second-order valence-electron chi connectivity index (χ2n) is 6.72. The number of ether oxygens (including phenoxy) is 1. The molecule has 1 aromatic carbocycles. The van der Waals surface area contributed by atoms with Crippen LogP contribution in [-0.2, 0) is 19.6 Å². The van der Waals surface area contributed by atoms with Crippen LogP contribution in [0.25, 0.3) is 0 Å². The van der Waals surface area contributed by atoms with E-state index in [1.54, 1.807) is 23.1 Å². The molecule has 0 spiro atoms. The van der Waals surface area contributed by atoms with Gasteiger partial charge in [0.1, 0.15) is 4.90 Å². The van der Waals surface area contributed by atoms with Gasteiger partial charge in [0, 0.05) is 39.4 Å². The van der Waals surface area contributed by atoms with Crippen LogP contribution in [0.1, 0.15) is 12.8 Å². The fraction of sp³-hybridized carbons (Fsp3) is 0.588. The molecule has 28 heavy (non-hydrogen) atoms. The molecule has 11 heteroatoms. The number of benzene rings is 1. The summed E-state index contributed by atoms with van der Waals surface area (Å²) >= 11 is 0. The number of rotatable bonds is 4. The van der Waals surface area contributed by atoms with Gasteiger partial charge in [0.05, 0.1) is 11.2 Å². The number of carbonyl (C=O) groups is 1. The van der Waals surface area contributed by atoms with E-state index in [-0.39, 0.29) is 35.6 Å². The summed E-state index contributed by atoms with van der Waals surface area (Å²) in [5, 5.41) is 0. The lowest BCUT2D eigenvalue weighted by Gasteiger charge is -2.41. The fourth-order valence-electron chi connectivity index (χ4n) is 3.47. The third-order valence-corrected chi connectivity index (χ3v) is 6.60. The van der Waals surface area contributed by atoms with Gasteiger partial charge in [0.15, 0.2) is 0 Å². The molecule has 160 valence electrons. The van der Waals surface area contributed by atoms with Crippen LogP contribution in [0.3, 0.4) is 0 Å². The second-order valence-corrected chi connectivity index (χ2v) is 8.58. The zero-order chi connectivity index (χ0) is 18.8. The number of sulfonamides is 1. The highest BCUT2D eigenvalue weighted by atomic mass is 35.5. The van der Waals surface area contributed by atoms with E-state index in [0.29, 0.717) is 57.9 Å². The summed E-state index contributed by atoms with van der Waals surface area (Å²) in [6, 6.07) is 6.91. The molecule has 2 aliphatic rings. The van der Waals surface area contributed by atoms with Crippen LogP contribution >= 0.6 is 24.8 Å². The number of halogens is 2. The largest absolute Gasteiger partial charge is 0.381 e. The summed E-state index contributed by atoms with van der Waals surface area (Å²) in [5.74, 6) is -0.0309. The molecule has 0 bridgehead atoms. The average molecular weight is 455 g/mol. The molecule has 0 saturated carbocycles. The minimum absolute atomic E-state index is 0. The van der Waals surface area contributed by atoms with Crippen molar-refractivity contribution < 1.29 is 17.9 Å². The van der Waals surface area contributed by atoms with E-state index in [1.165, 1.54) is 7.05 Å². The van der Waals surface area contributed by atoms with Crippen LogP contribution in [0.5, 0.6) is 0 Å². The second kappa shape index (κ2) is 10.1. The quantitative estimate of drug-likeness (QED) is 0.689. The molecule has 2 heterocycles. The van der Waals surface area contributed by atoms with Crippen LogP contribution in [0.2, 0.25) is 0 Å². The molecule has 2 aliphatic heterocycles. The van der Waals surface area contributed by atoms with Gasteiger partial charge in [0.2, 0.25) is 15.9 Å². The molecule has 2 saturated heterocycles. The number of piperazine rings is 1. The Kier molecular flexibility index (Phi) is 8.98. The monoisotopic (exact) mass is 454 g/mol. The zero-order valence-corrected chi connectivity index (χ0v) is 18.2. The van der Waals surface area contributed by atoms with Crippen molar-refractivity contribution >= 4 is 46.4 Å². The van der Waals surface area contributed by atoms with Crippen LogP contribution < -0.4 is 15.4 Å². The standard InChI is InChI=1S/C17H26N4O4S.2ClH/c1-19-26(23,24)15-5-3-2-4-14(15)20-8-10-21(11-9-20)16(22)17(18)6-12-25-13-7-17;;/h2-5,19H,6-13,18H2,1H3;2*1H. The van der Waals surface area contributed by atoms with E-state index in [9.17, 15) is 13.2 Å². The third-order valence-electron chi connectivity index (χ3n) is 5.14. The molecule has 0 unspecified atom stereocenters. The summed E-state index contributed by atoms with van der Waals surface area (Å²) in [6.07, 6.45) is 1.07. The van der Waals surface area contributed by atoms with Crippen molar-refractivity contribution in [1.82, 2.24) is 9.62 Å². The normalized spacial score (nSPS) is 19.4. The van der Waals surface area contributed by atoms with Crippen LogP contribution in [0, 0.1) is 0 Å². The van der Waals surface area contributed by atoms with Gasteiger partial charge in [-0.2, -0.15) is 0 Å². The molecular weight excluding hydrogens is 427 g/mol. The molecule has 2 fully saturated rings. The van der Waals surface area contributed by atoms with Crippen molar-refractivity contribution in [1.29, 1.82) is 0 Å². The van der Waals surface area contributed by atoms with Crippen molar-refractivity contribution in [2.45, 2.75) is 23.3 Å². The zero-order valence-electron chi connectivity index (χ0n) is 15.8. The van der Waals surface area contributed by atoms with E-state index < -0.39 is 15.6 Å². The van der Waals surface area contributed by atoms with Gasteiger partial charge in [-0.25, -0.2) is 13.1 Å². The van der Waals surface area contributed by atoms with Crippen molar-refractivity contribution in [2.24, 2.45) is 5.73 Å². The van der Waals surface area contributed by atoms with E-state index >= 15 is 0 Å². The lowest BCUT2D eigenvalue weighted by Crippen LogP contribution is -2.61. The first-order chi connectivity index (χ1) is 12.4. The lowest BCUT2D eigenvalue weighted by molar-refractivity contribution is -0.140. The molecule has 1 amide bonds. The Balaban J connectivity index is 0.00000196. The van der Waals surface area contributed by atoms with Gasteiger partial charge in [-0.15, -0.1) is 24.8 Å². The number of nitrogens with two attached hydrogens (primary N) is 1. The van der Waals surface area contributed by atoms with E-state index in [4.69, 9.17) is 10.5 Å². The Morgan fingerprint density at radius 3 is 2.25 bits per heavy atom. The number of nitrogens with zero attached hydrogens (tertiary/aromatic N) is 2. The molecule has 0 radical (unpaired) electrons. The number of hydrogen-bond acceptors (Lipinski definition) is 6. The Bertz CT molecular complexity index is 764. The number of para-hydroxylation sites is 1. The predicted molar refractivity (Wildman–Crippen MR) is 113 cm³/mol. The molecule has 0 atom stereocenters. The molecule has 0 aromatic heterocycles. The Hall–Kier alpha value is -1.10. The van der Waals surface area contributed by atoms with E-state index in [1.807, 2.05) is 11.0 Å². The maximum atomic E-state index is 12.8. The summed E-state index contributed by atoms with van der Waals surface area (Å²) in [5.41, 5.74) is 6.12. The fourth-order valence-corrected chi connectivity index (χ4v) is 4.42. The van der Waals surface area contributed by atoms with Crippen LogP contribution in [0.15, 0.2) is 29.2 Å². The number of nitrogens with one attached hydrogen (secondary N) is 1. The van der Waals surface area contributed by atoms with Crippen LogP contribution in [0.4, 0.5) is 5.69 Å². The maximum Gasteiger partial charge on any atom is 0.242 e. The van der Waals surface area contributed by atoms with Gasteiger partial charge >= 0.3 is 0 Å². The van der Waals surface area contributed by atoms with Crippen molar-refractivity contribution in [3.8, 4) is 0 Å². The summed E-state index contributed by atoms with van der Waals surface area (Å²) < 4.78 is 32.2. The van der Waals surface area contributed by atoms with Gasteiger partial charge in [-0.3, -0.25) is 4.79 Å². The number of carbonyl (C=O) groups excluding carboxylic acids is 1. The number of amides is 1. The highest BCUT2D eigenvalue weighted by Crippen LogP contribution is 2.27. The Morgan fingerprint density at radius 1 is 1.11 bits per heavy atom. The highest BCUT2D eigenvalue weighted by molar-refractivity contribution is 7.89. The minimum Gasteiger partial charge on any atom is -0.381 e. The SMILES string of the molecule is CNS(=O)(=O)c1ccccc1N1CCN(C(=O)C2(N)CCOCC2)CC1.Cl.Cl. The van der Waals surface area contributed by atoms with Gasteiger partial charge in [0.25, 0.3) is 0 Å². The smallest absolute Gasteiger partial charge is 0.242 e. The molecule has 1 aromatic rings. The summed E-state index contributed by atoms with van der Waals surface area (Å²) in [4.78, 5) is 16.9. The molecule has 0 aliphatic carbocycles. The Morgan fingerprint density at radius 2 is 1.68 bits per heavy atom. The van der Waals surface area contributed by atoms with E-state index in [2.05, 4.69) is 4.72 Å². The minimum atomic E-state index is -3.54.